The summed E-state index contributed by atoms with van der Waals surface area (Å²) in [5.74, 6) is 0.797. The molecule has 0 spiro atoms. The molecule has 0 heterocycles. The molecule has 18 heavy (non-hydrogen) atoms. The van der Waals surface area contributed by atoms with Crippen molar-refractivity contribution < 1.29 is 9.84 Å². The van der Waals surface area contributed by atoms with E-state index in [0.29, 0.717) is 13.2 Å². The first-order chi connectivity index (χ1) is 8.81. The van der Waals surface area contributed by atoms with Gasteiger partial charge in [-0.3, -0.25) is 0 Å². The predicted molar refractivity (Wildman–Crippen MR) is 71.0 cm³/mol. The van der Waals surface area contributed by atoms with Gasteiger partial charge in [-0.15, -0.1) is 0 Å². The highest BCUT2D eigenvalue weighted by Crippen LogP contribution is 2.14. The second-order valence-corrected chi connectivity index (χ2v) is 4.11. The van der Waals surface area contributed by atoms with Gasteiger partial charge in [-0.1, -0.05) is 36.4 Å². The fraction of sp³-hybridized carbons (Fsp3) is 0.200. The Labute approximate surface area is 107 Å². The Balaban J connectivity index is 1.97. The van der Waals surface area contributed by atoms with Crippen LogP contribution in [0.15, 0.2) is 48.5 Å². The van der Waals surface area contributed by atoms with Crippen LogP contribution in [0.25, 0.3) is 0 Å². The molecule has 3 N–H and O–H groups in total. The minimum atomic E-state index is 0.0544. The van der Waals surface area contributed by atoms with E-state index in [-0.39, 0.29) is 6.61 Å². The maximum absolute atomic E-state index is 8.94. The topological polar surface area (TPSA) is 55.5 Å². The van der Waals surface area contributed by atoms with E-state index in [0.717, 1.165) is 22.4 Å². The molecule has 0 bridgehead atoms. The molecule has 2 rings (SSSR count). The zero-order valence-electron chi connectivity index (χ0n) is 10.2. The molecule has 0 aliphatic heterocycles. The van der Waals surface area contributed by atoms with Gasteiger partial charge in [-0.05, 0) is 28.8 Å². The van der Waals surface area contributed by atoms with Crippen molar-refractivity contribution in [2.24, 2.45) is 5.73 Å². The van der Waals surface area contributed by atoms with Gasteiger partial charge in [0.2, 0.25) is 0 Å². The maximum Gasteiger partial charge on any atom is 0.119 e. The fourth-order valence-electron chi connectivity index (χ4n) is 1.70. The van der Waals surface area contributed by atoms with Crippen molar-refractivity contribution in [1.82, 2.24) is 0 Å². The molecule has 2 aromatic rings. The van der Waals surface area contributed by atoms with E-state index in [2.05, 4.69) is 0 Å². The van der Waals surface area contributed by atoms with E-state index in [4.69, 9.17) is 15.6 Å². The van der Waals surface area contributed by atoms with Gasteiger partial charge in [0, 0.05) is 6.54 Å². The van der Waals surface area contributed by atoms with Crippen LogP contribution in [0.5, 0.6) is 5.75 Å². The summed E-state index contributed by atoms with van der Waals surface area (Å²) in [5.41, 5.74) is 8.68. The first kappa shape index (κ1) is 12.6. The summed E-state index contributed by atoms with van der Waals surface area (Å²) in [6.45, 7) is 1.12. The van der Waals surface area contributed by atoms with Crippen LogP contribution in [0.2, 0.25) is 0 Å². The normalized spacial score (nSPS) is 10.3. The molecule has 2 aromatic carbocycles. The van der Waals surface area contributed by atoms with E-state index in [9.17, 15) is 0 Å². The van der Waals surface area contributed by atoms with Crippen molar-refractivity contribution in [3.63, 3.8) is 0 Å². The molecule has 0 saturated heterocycles. The van der Waals surface area contributed by atoms with Crippen LogP contribution in [-0.4, -0.2) is 5.11 Å². The number of ether oxygens (including phenoxy) is 1. The number of hydrogen-bond acceptors (Lipinski definition) is 3. The first-order valence-corrected chi connectivity index (χ1v) is 5.92. The van der Waals surface area contributed by atoms with Gasteiger partial charge >= 0.3 is 0 Å². The Bertz CT molecular complexity index is 494. The lowest BCUT2D eigenvalue weighted by molar-refractivity contribution is 0.280. The molecule has 0 fully saturated rings. The molecule has 0 aromatic heterocycles. The Kier molecular flexibility index (Phi) is 4.34. The largest absolute Gasteiger partial charge is 0.489 e. The molecule has 0 aliphatic rings. The van der Waals surface area contributed by atoms with Crippen LogP contribution in [0.3, 0.4) is 0 Å². The Morgan fingerprint density at radius 2 is 1.67 bits per heavy atom. The zero-order valence-corrected chi connectivity index (χ0v) is 10.2. The Morgan fingerprint density at radius 1 is 0.944 bits per heavy atom. The van der Waals surface area contributed by atoms with E-state index in [1.165, 1.54) is 0 Å². The van der Waals surface area contributed by atoms with Crippen LogP contribution in [0.4, 0.5) is 0 Å². The van der Waals surface area contributed by atoms with Gasteiger partial charge in [0.05, 0.1) is 6.61 Å². The van der Waals surface area contributed by atoms with Gasteiger partial charge in [-0.2, -0.15) is 0 Å². The minimum Gasteiger partial charge on any atom is -0.489 e. The molecule has 0 saturated carbocycles. The van der Waals surface area contributed by atoms with Crippen LogP contribution in [0, 0.1) is 0 Å². The van der Waals surface area contributed by atoms with Crippen molar-refractivity contribution in [3.05, 3.63) is 65.2 Å². The monoisotopic (exact) mass is 243 g/mol. The lowest BCUT2D eigenvalue weighted by Gasteiger charge is -2.08. The molecule has 0 radical (unpaired) electrons. The summed E-state index contributed by atoms with van der Waals surface area (Å²) in [6, 6.07) is 15.5. The smallest absolute Gasteiger partial charge is 0.119 e. The summed E-state index contributed by atoms with van der Waals surface area (Å²) < 4.78 is 5.67. The summed E-state index contributed by atoms with van der Waals surface area (Å²) in [6.07, 6.45) is 0. The molecule has 3 nitrogen and oxygen atoms in total. The third-order valence-electron chi connectivity index (χ3n) is 2.74. The van der Waals surface area contributed by atoms with E-state index >= 15 is 0 Å². The summed E-state index contributed by atoms with van der Waals surface area (Å²) in [5, 5.41) is 8.94. The van der Waals surface area contributed by atoms with Crippen LogP contribution in [0.1, 0.15) is 16.7 Å². The van der Waals surface area contributed by atoms with Crippen LogP contribution >= 0.6 is 0 Å². The van der Waals surface area contributed by atoms with E-state index in [1.807, 2.05) is 48.5 Å². The molecule has 0 aliphatic carbocycles. The number of benzene rings is 2. The Morgan fingerprint density at radius 3 is 2.33 bits per heavy atom. The Hall–Kier alpha value is -1.84. The predicted octanol–water partition coefficient (Wildman–Crippen LogP) is 2.22. The summed E-state index contributed by atoms with van der Waals surface area (Å²) in [7, 11) is 0. The van der Waals surface area contributed by atoms with Crippen molar-refractivity contribution in [2.45, 2.75) is 19.8 Å². The number of hydrogen-bond donors (Lipinski definition) is 2. The van der Waals surface area contributed by atoms with Gasteiger partial charge in [0.15, 0.2) is 0 Å². The standard InChI is InChI=1S/C15H17NO2/c16-9-13-2-1-3-14(8-13)11-18-15-6-4-12(10-17)5-7-15/h1-8,17H,9-11,16H2. The lowest BCUT2D eigenvalue weighted by atomic mass is 10.1. The summed E-state index contributed by atoms with van der Waals surface area (Å²) in [4.78, 5) is 0. The van der Waals surface area contributed by atoms with Crippen molar-refractivity contribution in [1.29, 1.82) is 0 Å². The third kappa shape index (κ3) is 3.32. The number of rotatable bonds is 5. The first-order valence-electron chi connectivity index (χ1n) is 5.92. The molecule has 3 heteroatoms. The fourth-order valence-corrected chi connectivity index (χ4v) is 1.70. The molecule has 0 atom stereocenters. The van der Waals surface area contributed by atoms with Crippen LogP contribution in [-0.2, 0) is 19.8 Å². The average Bonchev–Trinajstić information content (AvgIpc) is 2.46. The zero-order chi connectivity index (χ0) is 12.8. The van der Waals surface area contributed by atoms with Crippen LogP contribution < -0.4 is 10.5 Å². The highest BCUT2D eigenvalue weighted by atomic mass is 16.5. The minimum absolute atomic E-state index is 0.0544. The van der Waals surface area contributed by atoms with Gasteiger partial charge in [0.25, 0.3) is 0 Å². The molecule has 0 unspecified atom stereocenters. The highest BCUT2D eigenvalue weighted by Gasteiger charge is 1.98. The second-order valence-electron chi connectivity index (χ2n) is 4.11. The molecular weight excluding hydrogens is 226 g/mol. The maximum atomic E-state index is 8.94. The van der Waals surface area contributed by atoms with Gasteiger partial charge in [0.1, 0.15) is 12.4 Å². The van der Waals surface area contributed by atoms with Crippen molar-refractivity contribution in [2.75, 3.05) is 0 Å². The molecule has 94 valence electrons. The number of nitrogens with two attached hydrogens (primary N) is 1. The van der Waals surface area contributed by atoms with Gasteiger partial charge < -0.3 is 15.6 Å². The summed E-state index contributed by atoms with van der Waals surface area (Å²) >= 11 is 0. The van der Waals surface area contributed by atoms with E-state index in [1.54, 1.807) is 0 Å². The average molecular weight is 243 g/mol. The lowest BCUT2D eigenvalue weighted by Crippen LogP contribution is -1.99. The SMILES string of the molecule is NCc1cccc(COc2ccc(CO)cc2)c1. The molecular formula is C15H17NO2. The van der Waals surface area contributed by atoms with E-state index < -0.39 is 0 Å². The second kappa shape index (κ2) is 6.19. The molecule has 0 amide bonds. The third-order valence-corrected chi connectivity index (χ3v) is 2.74. The van der Waals surface area contributed by atoms with Crippen molar-refractivity contribution in [3.8, 4) is 5.75 Å². The highest BCUT2D eigenvalue weighted by molar-refractivity contribution is 5.28. The number of aliphatic hydroxyl groups excluding tert-OH is 1. The van der Waals surface area contributed by atoms with Crippen molar-refractivity contribution >= 4 is 0 Å². The number of aliphatic hydroxyl groups is 1. The quantitative estimate of drug-likeness (QED) is 0.846. The van der Waals surface area contributed by atoms with Gasteiger partial charge in [-0.25, -0.2) is 0 Å².